The van der Waals surface area contributed by atoms with Gasteiger partial charge < -0.3 is 19.0 Å². The molecule has 0 aliphatic carbocycles. The summed E-state index contributed by atoms with van der Waals surface area (Å²) in [6.45, 7) is 1.44. The third-order valence-electron chi connectivity index (χ3n) is 4.87. The summed E-state index contributed by atoms with van der Waals surface area (Å²) < 4.78 is 48.8. The number of esters is 1. The van der Waals surface area contributed by atoms with E-state index in [-0.39, 0.29) is 69.7 Å². The zero-order valence-corrected chi connectivity index (χ0v) is 24.0. The second-order valence-corrected chi connectivity index (χ2v) is 9.08. The number of hydrogen-bond donors (Lipinski definition) is 0. The van der Waals surface area contributed by atoms with Gasteiger partial charge in [0.05, 0.1) is 33.0 Å². The number of ketones is 1. The predicted molar refractivity (Wildman–Crippen MR) is 135 cm³/mol. The Hall–Kier alpha value is -2.76. The van der Waals surface area contributed by atoms with E-state index in [1.54, 1.807) is 6.08 Å². The van der Waals surface area contributed by atoms with Crippen LogP contribution in [-0.4, -0.2) is 23.8 Å². The molecule has 0 bridgehead atoms. The maximum Gasteiger partial charge on any atom is 1.00 e. The van der Waals surface area contributed by atoms with Crippen molar-refractivity contribution in [1.29, 1.82) is 0 Å². The van der Waals surface area contributed by atoms with Gasteiger partial charge in [-0.3, -0.25) is 9.59 Å². The van der Waals surface area contributed by atoms with E-state index < -0.39 is 41.5 Å². The standard InChI is InChI=1S/C26H23ClFNO7S.Na/c1-15(11-18-14-29-26(37-18)36-17-9-10-20(28)19(27)12-17)24(32)23-21(30)13-16(35-25(23)33)7-5-3-4-6-8-22(31)34-2;/h4,6,9-14,30H,3,5,7-8H2,1-2H3;/q;+1/p-1/b6-4+,15-11+;/i2D3;. The molecular weight excluding hydrogens is 548 g/mol. The summed E-state index contributed by atoms with van der Waals surface area (Å²) in [7, 11) is -2.79. The molecule has 3 aromatic rings. The molecule has 0 unspecified atom stereocenters. The SMILES string of the molecule is [2H]C([2H])([2H])OC(=O)C/C=C/CCCc1cc([O-])c(C(=O)/C(C)=C/c2cnc(Oc3ccc(F)c(Cl)c3)s2)c(=O)o1.[Na+]. The number of nitrogens with zero attached hydrogens (tertiary/aromatic N) is 1. The maximum absolute atomic E-state index is 13.3. The molecule has 3 rings (SSSR count). The predicted octanol–water partition coefficient (Wildman–Crippen LogP) is 2.49. The van der Waals surface area contributed by atoms with Crippen molar-refractivity contribution in [2.75, 3.05) is 7.04 Å². The Labute approximate surface area is 253 Å². The van der Waals surface area contributed by atoms with Crippen LogP contribution in [0.1, 0.15) is 51.3 Å². The van der Waals surface area contributed by atoms with Gasteiger partial charge in [-0.05, 0) is 49.6 Å². The molecule has 0 fully saturated rings. The van der Waals surface area contributed by atoms with E-state index >= 15 is 0 Å². The van der Waals surface area contributed by atoms with Crippen molar-refractivity contribution >= 4 is 40.8 Å². The minimum atomic E-state index is -2.79. The van der Waals surface area contributed by atoms with Crippen LogP contribution in [0.25, 0.3) is 6.08 Å². The Balaban J connectivity index is 0.00000588. The average Bonchev–Trinajstić information content (AvgIpc) is 3.28. The maximum atomic E-state index is 13.3. The van der Waals surface area contributed by atoms with E-state index in [0.717, 1.165) is 23.5 Å². The fourth-order valence-electron chi connectivity index (χ4n) is 3.08. The van der Waals surface area contributed by atoms with Crippen LogP contribution in [0.3, 0.4) is 0 Å². The molecule has 0 amide bonds. The minimum Gasteiger partial charge on any atom is -0.872 e. The van der Waals surface area contributed by atoms with Crippen molar-refractivity contribution in [2.24, 2.45) is 0 Å². The summed E-state index contributed by atoms with van der Waals surface area (Å²) in [4.78, 5) is 41.2. The van der Waals surface area contributed by atoms with Crippen LogP contribution in [0.15, 0.2) is 57.4 Å². The summed E-state index contributed by atoms with van der Waals surface area (Å²) in [5.74, 6) is -2.67. The first kappa shape index (κ1) is 26.8. The van der Waals surface area contributed by atoms with E-state index in [1.165, 1.54) is 37.4 Å². The molecule has 0 spiro atoms. The van der Waals surface area contributed by atoms with Gasteiger partial charge in [0.2, 0.25) is 0 Å². The molecule has 2 aromatic heterocycles. The van der Waals surface area contributed by atoms with Crippen LogP contribution in [0.2, 0.25) is 5.02 Å². The largest absolute Gasteiger partial charge is 1.00 e. The van der Waals surface area contributed by atoms with Gasteiger partial charge >= 0.3 is 41.2 Å². The number of methoxy groups -OCH3 is 1. The Morgan fingerprint density at radius 1 is 1.32 bits per heavy atom. The van der Waals surface area contributed by atoms with Crippen LogP contribution < -0.4 is 45.0 Å². The number of aryl methyl sites for hydroxylation is 1. The number of thiazole rings is 1. The molecule has 0 aliphatic heterocycles. The Morgan fingerprint density at radius 3 is 2.82 bits per heavy atom. The van der Waals surface area contributed by atoms with E-state index in [4.69, 9.17) is 24.9 Å². The topological polar surface area (TPSA) is 119 Å². The molecule has 12 heteroatoms. The third kappa shape index (κ3) is 8.92. The minimum absolute atomic E-state index is 0. The van der Waals surface area contributed by atoms with Gasteiger partial charge in [-0.15, -0.1) is 0 Å². The molecule has 0 saturated heterocycles. The number of Topliss-reactive ketones (excluding diaryl/α,β-unsaturated/α-hetero) is 1. The molecule has 194 valence electrons. The number of hydrogen-bond acceptors (Lipinski definition) is 9. The van der Waals surface area contributed by atoms with E-state index in [2.05, 4.69) is 9.72 Å². The van der Waals surface area contributed by atoms with Crippen LogP contribution in [0.5, 0.6) is 16.7 Å². The average molecular weight is 573 g/mol. The molecule has 0 radical (unpaired) electrons. The van der Waals surface area contributed by atoms with Gasteiger partial charge in [0, 0.05) is 18.7 Å². The summed E-state index contributed by atoms with van der Waals surface area (Å²) in [5, 5.41) is 12.6. The van der Waals surface area contributed by atoms with Gasteiger partial charge in [0.1, 0.15) is 17.3 Å². The molecule has 2 heterocycles. The number of aromatic nitrogens is 1. The number of halogens is 2. The zero-order chi connectivity index (χ0) is 29.4. The van der Waals surface area contributed by atoms with Gasteiger partial charge in [0.25, 0.3) is 5.19 Å². The van der Waals surface area contributed by atoms with E-state index in [9.17, 15) is 23.9 Å². The second kappa shape index (κ2) is 15.0. The molecule has 38 heavy (non-hydrogen) atoms. The van der Waals surface area contributed by atoms with Crippen molar-refractivity contribution in [2.45, 2.75) is 32.6 Å². The van der Waals surface area contributed by atoms with Crippen molar-refractivity contribution in [1.82, 2.24) is 4.98 Å². The first-order valence-corrected chi connectivity index (χ1v) is 12.0. The second-order valence-electron chi connectivity index (χ2n) is 7.64. The van der Waals surface area contributed by atoms with Crippen LogP contribution >= 0.6 is 22.9 Å². The van der Waals surface area contributed by atoms with Gasteiger partial charge in [-0.25, -0.2) is 14.2 Å². The molecule has 0 aliphatic rings. The quantitative estimate of drug-likeness (QED) is 0.0859. The number of rotatable bonds is 11. The summed E-state index contributed by atoms with van der Waals surface area (Å²) in [6.07, 6.45) is 6.88. The molecule has 1 aromatic carbocycles. The van der Waals surface area contributed by atoms with Crippen molar-refractivity contribution in [3.63, 3.8) is 0 Å². The third-order valence-corrected chi connectivity index (χ3v) is 5.98. The zero-order valence-electron chi connectivity index (χ0n) is 23.4. The summed E-state index contributed by atoms with van der Waals surface area (Å²) in [5.41, 5.74) is -1.57. The first-order valence-electron chi connectivity index (χ1n) is 12.3. The van der Waals surface area contributed by atoms with Crippen LogP contribution in [-0.2, 0) is 16.0 Å². The molecular formula is C26H22ClFNNaO7S. The smallest absolute Gasteiger partial charge is 0.872 e. The molecule has 0 N–H and O–H groups in total. The molecule has 0 saturated carbocycles. The fraction of sp³-hybridized carbons (Fsp3) is 0.231. The van der Waals surface area contributed by atoms with E-state index in [1.807, 2.05) is 0 Å². The van der Waals surface area contributed by atoms with E-state index in [0.29, 0.717) is 17.7 Å². The number of ether oxygens (including phenoxy) is 2. The first-order chi connectivity index (χ1) is 18.8. The van der Waals surface area contributed by atoms with Gasteiger partial charge in [0.15, 0.2) is 5.78 Å². The van der Waals surface area contributed by atoms with Crippen LogP contribution in [0.4, 0.5) is 4.39 Å². The van der Waals surface area contributed by atoms with Crippen LogP contribution in [0, 0.1) is 5.82 Å². The van der Waals surface area contributed by atoms with Gasteiger partial charge in [-0.1, -0.05) is 40.8 Å². The fourth-order valence-corrected chi connectivity index (χ4v) is 4.04. The summed E-state index contributed by atoms with van der Waals surface area (Å²) >= 11 is 6.82. The monoisotopic (exact) mass is 572 g/mol. The number of allylic oxidation sites excluding steroid dienone is 2. The Kier molecular flexibility index (Phi) is 10.6. The van der Waals surface area contributed by atoms with Crippen molar-refractivity contribution in [3.8, 4) is 16.7 Å². The number of benzene rings is 1. The number of unbranched alkanes of at least 4 members (excludes halogenated alkanes) is 1. The van der Waals surface area contributed by atoms with Crippen molar-refractivity contribution < 1.29 is 66.6 Å². The summed E-state index contributed by atoms with van der Waals surface area (Å²) in [6, 6.07) is 4.91. The number of carbonyl (C=O) groups excluding carboxylic acids is 2. The molecule has 0 atom stereocenters. The normalized spacial score (nSPS) is 12.8. The number of carbonyl (C=O) groups is 2. The Bertz CT molecular complexity index is 1520. The molecule has 8 nitrogen and oxygen atoms in total. The van der Waals surface area contributed by atoms with Gasteiger partial charge in [-0.2, -0.15) is 0 Å². The van der Waals surface area contributed by atoms with Crippen molar-refractivity contribution in [3.05, 3.63) is 85.6 Å². The Morgan fingerprint density at radius 2 is 2.11 bits per heavy atom.